The van der Waals surface area contributed by atoms with E-state index in [1.807, 2.05) is 0 Å². The van der Waals surface area contributed by atoms with Crippen molar-refractivity contribution in [3.8, 4) is 0 Å². The molecule has 5 heteroatoms. The molecule has 0 amide bonds. The highest BCUT2D eigenvalue weighted by Crippen LogP contribution is 2.24. The summed E-state index contributed by atoms with van der Waals surface area (Å²) in [4.78, 5) is -0.0769. The second kappa shape index (κ2) is 5.10. The third-order valence-electron chi connectivity index (χ3n) is 2.40. The highest BCUT2D eigenvalue weighted by molar-refractivity contribution is 7.80. The van der Waals surface area contributed by atoms with Gasteiger partial charge >= 0.3 is 0 Å². The molecular formula is C13H10F2N2S. The topological polar surface area (TPSA) is 38.0 Å². The van der Waals surface area contributed by atoms with Crippen LogP contribution in [-0.2, 0) is 0 Å². The molecule has 0 aromatic heterocycles. The smallest absolute Gasteiger partial charge is 0.146 e. The van der Waals surface area contributed by atoms with E-state index in [9.17, 15) is 8.78 Å². The van der Waals surface area contributed by atoms with E-state index in [1.165, 1.54) is 18.2 Å². The van der Waals surface area contributed by atoms with Crippen molar-refractivity contribution in [2.45, 2.75) is 0 Å². The highest BCUT2D eigenvalue weighted by atomic mass is 32.1. The number of nitrogens with one attached hydrogen (secondary N) is 1. The average Bonchev–Trinajstić information content (AvgIpc) is 2.31. The van der Waals surface area contributed by atoms with E-state index in [-0.39, 0.29) is 16.2 Å². The van der Waals surface area contributed by atoms with Gasteiger partial charge in [0, 0.05) is 0 Å². The Kier molecular flexibility index (Phi) is 3.53. The Morgan fingerprint density at radius 2 is 1.56 bits per heavy atom. The highest BCUT2D eigenvalue weighted by Gasteiger charge is 2.12. The third-order valence-corrected chi connectivity index (χ3v) is 2.61. The molecule has 0 heterocycles. The average molecular weight is 264 g/mol. The number of nitrogens with two attached hydrogens (primary N) is 1. The van der Waals surface area contributed by atoms with Crippen molar-refractivity contribution in [1.29, 1.82) is 0 Å². The van der Waals surface area contributed by atoms with E-state index < -0.39 is 11.6 Å². The minimum Gasteiger partial charge on any atom is -0.389 e. The minimum atomic E-state index is -0.538. The van der Waals surface area contributed by atoms with Crippen molar-refractivity contribution in [3.63, 3.8) is 0 Å². The summed E-state index contributed by atoms with van der Waals surface area (Å²) in [6.07, 6.45) is 0. The van der Waals surface area contributed by atoms with Gasteiger partial charge in [0.05, 0.1) is 16.9 Å². The molecule has 0 atom stereocenters. The van der Waals surface area contributed by atoms with Gasteiger partial charge in [-0.05, 0) is 24.3 Å². The zero-order valence-electron chi connectivity index (χ0n) is 9.28. The van der Waals surface area contributed by atoms with Crippen molar-refractivity contribution in [3.05, 3.63) is 59.7 Å². The van der Waals surface area contributed by atoms with Crippen LogP contribution in [0.3, 0.4) is 0 Å². The summed E-state index contributed by atoms with van der Waals surface area (Å²) in [7, 11) is 0. The molecule has 0 aliphatic carbocycles. The van der Waals surface area contributed by atoms with Gasteiger partial charge in [0.25, 0.3) is 0 Å². The zero-order valence-corrected chi connectivity index (χ0v) is 10.1. The Morgan fingerprint density at radius 1 is 0.944 bits per heavy atom. The lowest BCUT2D eigenvalue weighted by Crippen LogP contribution is -2.14. The first kappa shape index (κ1) is 12.4. The number of thiocarbonyl (C=S) groups is 1. The lowest BCUT2D eigenvalue weighted by Gasteiger charge is -2.12. The van der Waals surface area contributed by atoms with Crippen molar-refractivity contribution in [1.82, 2.24) is 0 Å². The molecule has 18 heavy (non-hydrogen) atoms. The molecule has 0 saturated heterocycles. The maximum absolute atomic E-state index is 13.6. The molecule has 0 spiro atoms. The summed E-state index contributed by atoms with van der Waals surface area (Å²) in [5, 5.41) is 2.78. The van der Waals surface area contributed by atoms with Crippen molar-refractivity contribution in [2.24, 2.45) is 5.73 Å². The van der Waals surface area contributed by atoms with Crippen molar-refractivity contribution in [2.75, 3.05) is 5.32 Å². The van der Waals surface area contributed by atoms with Crippen LogP contribution in [0, 0.1) is 11.6 Å². The molecule has 2 aromatic rings. The summed E-state index contributed by atoms with van der Waals surface area (Å²) >= 11 is 4.79. The molecule has 0 fully saturated rings. The summed E-state index contributed by atoms with van der Waals surface area (Å²) in [5.41, 5.74) is 6.12. The Balaban J connectivity index is 2.44. The summed E-state index contributed by atoms with van der Waals surface area (Å²) in [6, 6.07) is 10.4. The fourth-order valence-electron chi connectivity index (χ4n) is 1.59. The molecule has 0 bridgehead atoms. The third kappa shape index (κ3) is 2.46. The van der Waals surface area contributed by atoms with Gasteiger partial charge in [0.15, 0.2) is 0 Å². The zero-order chi connectivity index (χ0) is 13.1. The molecular weight excluding hydrogens is 254 g/mol. The molecule has 0 aliphatic rings. The van der Waals surface area contributed by atoms with E-state index in [0.717, 1.165) is 0 Å². The van der Waals surface area contributed by atoms with Crippen molar-refractivity contribution < 1.29 is 8.78 Å². The monoisotopic (exact) mass is 264 g/mol. The number of anilines is 2. The first-order valence-corrected chi connectivity index (χ1v) is 5.60. The van der Waals surface area contributed by atoms with Crippen LogP contribution < -0.4 is 11.1 Å². The fourth-order valence-corrected chi connectivity index (χ4v) is 1.79. The van der Waals surface area contributed by atoms with Gasteiger partial charge in [-0.15, -0.1) is 0 Å². The molecule has 2 nitrogen and oxygen atoms in total. The van der Waals surface area contributed by atoms with Crippen LogP contribution in [-0.4, -0.2) is 4.99 Å². The van der Waals surface area contributed by atoms with E-state index in [0.29, 0.717) is 5.69 Å². The van der Waals surface area contributed by atoms with Crippen LogP contribution in [0.25, 0.3) is 0 Å². The van der Waals surface area contributed by atoms with E-state index in [2.05, 4.69) is 5.32 Å². The second-order valence-electron chi connectivity index (χ2n) is 3.63. The number of benzene rings is 2. The number of hydrogen-bond donors (Lipinski definition) is 2. The minimum absolute atomic E-state index is 0.0769. The van der Waals surface area contributed by atoms with Crippen LogP contribution in [0.1, 0.15) is 5.56 Å². The molecule has 0 radical (unpaired) electrons. The Hall–Kier alpha value is -2.01. The summed E-state index contributed by atoms with van der Waals surface area (Å²) < 4.78 is 27.1. The van der Waals surface area contributed by atoms with Gasteiger partial charge < -0.3 is 11.1 Å². The Labute approximate surface area is 108 Å². The van der Waals surface area contributed by atoms with Crippen LogP contribution in [0.2, 0.25) is 0 Å². The van der Waals surface area contributed by atoms with Gasteiger partial charge in [0.1, 0.15) is 16.6 Å². The standard InChI is InChI=1S/C13H10F2N2S/c14-8-4-1-2-6-10(8)17-11-7-3-5-9(15)12(11)13(16)18/h1-7,17H,(H2,16,18). The maximum atomic E-state index is 13.6. The first-order chi connectivity index (χ1) is 8.59. The van der Waals surface area contributed by atoms with E-state index in [4.69, 9.17) is 18.0 Å². The van der Waals surface area contributed by atoms with Gasteiger partial charge in [-0.3, -0.25) is 0 Å². The number of hydrogen-bond acceptors (Lipinski definition) is 2. The van der Waals surface area contributed by atoms with E-state index in [1.54, 1.807) is 24.3 Å². The summed E-state index contributed by atoms with van der Waals surface area (Å²) in [6.45, 7) is 0. The van der Waals surface area contributed by atoms with Gasteiger partial charge in [-0.1, -0.05) is 30.4 Å². The predicted molar refractivity (Wildman–Crippen MR) is 72.0 cm³/mol. The molecule has 0 saturated carbocycles. The fraction of sp³-hybridized carbons (Fsp3) is 0. The van der Waals surface area contributed by atoms with Gasteiger partial charge in [0.2, 0.25) is 0 Å². The Morgan fingerprint density at radius 3 is 2.22 bits per heavy atom. The maximum Gasteiger partial charge on any atom is 0.146 e. The van der Waals surface area contributed by atoms with Crippen LogP contribution in [0.5, 0.6) is 0 Å². The number of rotatable bonds is 3. The van der Waals surface area contributed by atoms with Gasteiger partial charge in [-0.25, -0.2) is 8.78 Å². The second-order valence-corrected chi connectivity index (χ2v) is 4.07. The van der Waals surface area contributed by atoms with E-state index >= 15 is 0 Å². The largest absolute Gasteiger partial charge is 0.389 e. The lowest BCUT2D eigenvalue weighted by molar-refractivity contribution is 0.625. The Bertz CT molecular complexity index is 599. The molecule has 92 valence electrons. The van der Waals surface area contributed by atoms with Crippen LogP contribution in [0.15, 0.2) is 42.5 Å². The molecule has 0 unspecified atom stereocenters. The number of para-hydroxylation sites is 1. The molecule has 2 rings (SSSR count). The molecule has 2 aromatic carbocycles. The normalized spacial score (nSPS) is 10.1. The molecule has 3 N–H and O–H groups in total. The SMILES string of the molecule is NC(=S)c1c(F)cccc1Nc1ccccc1F. The van der Waals surface area contributed by atoms with Crippen LogP contribution in [0.4, 0.5) is 20.2 Å². The van der Waals surface area contributed by atoms with Gasteiger partial charge in [-0.2, -0.15) is 0 Å². The first-order valence-electron chi connectivity index (χ1n) is 5.19. The quantitative estimate of drug-likeness (QED) is 0.835. The lowest BCUT2D eigenvalue weighted by atomic mass is 10.1. The predicted octanol–water partition coefficient (Wildman–Crippen LogP) is 3.34. The van der Waals surface area contributed by atoms with Crippen LogP contribution >= 0.6 is 12.2 Å². The van der Waals surface area contributed by atoms with Crippen molar-refractivity contribution >= 4 is 28.6 Å². The number of halogens is 2. The summed E-state index contributed by atoms with van der Waals surface area (Å²) in [5.74, 6) is -0.973. The molecule has 0 aliphatic heterocycles.